The van der Waals surface area contributed by atoms with Crippen molar-refractivity contribution in [3.63, 3.8) is 0 Å². The molecule has 10 nitrogen and oxygen atoms in total. The Morgan fingerprint density at radius 1 is 1.00 bits per heavy atom. The number of carbonyl (C=O) groups is 2. The van der Waals surface area contributed by atoms with E-state index in [4.69, 9.17) is 37.9 Å². The molecule has 5 N–H and O–H groups in total. The van der Waals surface area contributed by atoms with E-state index in [1.54, 1.807) is 0 Å². The molecule has 0 saturated carbocycles. The summed E-state index contributed by atoms with van der Waals surface area (Å²) in [5.74, 6) is -3.54. The van der Waals surface area contributed by atoms with Gasteiger partial charge in [0.15, 0.2) is 12.2 Å². The van der Waals surface area contributed by atoms with Gasteiger partial charge in [-0.05, 0) is 0 Å². The van der Waals surface area contributed by atoms with Gasteiger partial charge in [0.1, 0.15) is 0 Å². The van der Waals surface area contributed by atoms with Gasteiger partial charge in [0.2, 0.25) is 10.4 Å². The predicted molar refractivity (Wildman–Crippen MR) is 39.6 cm³/mol. The van der Waals surface area contributed by atoms with Crippen LogP contribution in [0, 0.1) is 0 Å². The van der Waals surface area contributed by atoms with E-state index >= 15 is 0 Å². The van der Waals surface area contributed by atoms with Gasteiger partial charge >= 0.3 is 63.3 Å². The van der Waals surface area contributed by atoms with Gasteiger partial charge in [0, 0.05) is 17.1 Å². The molecule has 0 heterocycles. The molecule has 0 aliphatic rings. The zero-order valence-corrected chi connectivity index (χ0v) is 13.0. The van der Waals surface area contributed by atoms with E-state index in [9.17, 15) is 9.59 Å². The number of hydrogen-bond acceptors (Lipinski definition) is 7. The second-order valence-electron chi connectivity index (χ2n) is 1.99. The van der Waals surface area contributed by atoms with Crippen LogP contribution in [0.25, 0.3) is 0 Å². The summed E-state index contributed by atoms with van der Waals surface area (Å²) in [4.78, 5) is 19.5. The molecule has 0 bridgehead atoms. The summed E-state index contributed by atoms with van der Waals surface area (Å²) in [6.07, 6.45) is -4.53. The Labute approximate surface area is 148 Å². The minimum Gasteiger partial charge on any atom is -0.726 e. The summed E-state index contributed by atoms with van der Waals surface area (Å²) < 4.78 is 32.8. The first-order valence-electron chi connectivity index (χ1n) is 2.97. The number of aliphatic hydroxyl groups is 2. The van der Waals surface area contributed by atoms with Crippen molar-refractivity contribution in [1.82, 2.24) is 0 Å². The van der Waals surface area contributed by atoms with Gasteiger partial charge in [-0.3, -0.25) is 4.55 Å². The van der Waals surface area contributed by atoms with Crippen molar-refractivity contribution in [2.75, 3.05) is 0 Å². The maximum atomic E-state index is 9.77. The topological polar surface area (TPSA) is 192 Å². The van der Waals surface area contributed by atoms with E-state index in [-0.39, 0.29) is 68.5 Å². The van der Waals surface area contributed by atoms with Crippen LogP contribution >= 0.6 is 0 Å². The molecule has 0 amide bonds. The number of carboxylic acid groups (broad SMARTS) is 2. The summed E-state index contributed by atoms with van der Waals surface area (Å²) in [6.45, 7) is 0. The van der Waals surface area contributed by atoms with Gasteiger partial charge in [-0.25, -0.2) is 18.0 Å². The van der Waals surface area contributed by atoms with Crippen LogP contribution in [-0.2, 0) is 37.1 Å². The molecular weight excluding hydrogens is 343 g/mol. The fourth-order valence-corrected chi connectivity index (χ4v) is 0.270. The van der Waals surface area contributed by atoms with Crippen LogP contribution in [-0.4, -0.2) is 62.1 Å². The van der Waals surface area contributed by atoms with Gasteiger partial charge in [-0.15, -0.1) is 0 Å². The van der Waals surface area contributed by atoms with E-state index in [2.05, 4.69) is 0 Å². The van der Waals surface area contributed by atoms with E-state index in [1.165, 1.54) is 0 Å². The average Bonchev–Trinajstić information content (AvgIpc) is 1.98. The second kappa shape index (κ2) is 11.9. The molecule has 17 heavy (non-hydrogen) atoms. The number of aliphatic hydroxyl groups excluding tert-OH is 2. The zero-order valence-electron chi connectivity index (χ0n) is 8.14. The predicted octanol–water partition coefficient (Wildman–Crippen LogP) is -6.12. The summed E-state index contributed by atoms with van der Waals surface area (Å²) in [7, 11) is -4.92. The fourth-order valence-electron chi connectivity index (χ4n) is 0.270. The SMILES string of the molecule is O=C(O)C(O)C(O)C(=O)O.O=S(=O)([O-])O.[Cu].[K+]. The Kier molecular flexibility index (Phi) is 18.6. The molecule has 0 aromatic rings. The number of aliphatic carboxylic acids is 2. The zero-order chi connectivity index (χ0) is 12.8. The molecule has 0 spiro atoms. The summed E-state index contributed by atoms with van der Waals surface area (Å²) >= 11 is 0. The van der Waals surface area contributed by atoms with Gasteiger partial charge < -0.3 is 25.0 Å². The summed E-state index contributed by atoms with van der Waals surface area (Å²) in [5.41, 5.74) is 0. The molecule has 0 rings (SSSR count). The molecule has 0 aliphatic carbocycles. The summed E-state index contributed by atoms with van der Waals surface area (Å²) in [6, 6.07) is 0. The third kappa shape index (κ3) is 22.5. The molecule has 0 aromatic heterocycles. The Balaban J connectivity index is -0.000000105. The van der Waals surface area contributed by atoms with E-state index in [1.807, 2.05) is 0 Å². The first-order chi connectivity index (χ1) is 6.46. The Bertz CT molecular complexity index is 301. The van der Waals surface area contributed by atoms with E-state index in [0.29, 0.717) is 0 Å². The molecule has 2 atom stereocenters. The van der Waals surface area contributed by atoms with Crippen molar-refractivity contribution < 1.29 is 116 Å². The maximum absolute atomic E-state index is 9.77. The van der Waals surface area contributed by atoms with Gasteiger partial charge in [-0.1, -0.05) is 0 Å². The molecule has 0 aliphatic heterocycles. The van der Waals surface area contributed by atoms with Crippen LogP contribution in [0.15, 0.2) is 0 Å². The maximum Gasteiger partial charge on any atom is 1.00 e. The van der Waals surface area contributed by atoms with Crippen molar-refractivity contribution >= 4 is 22.3 Å². The molecule has 101 valence electrons. The smallest absolute Gasteiger partial charge is 0.726 e. The third-order valence-electron chi connectivity index (χ3n) is 0.805. The third-order valence-corrected chi connectivity index (χ3v) is 0.805. The number of rotatable bonds is 3. The molecule has 0 saturated heterocycles. The normalized spacial score (nSPS) is 12.7. The summed E-state index contributed by atoms with van der Waals surface area (Å²) in [5, 5.41) is 32.5. The molecule has 2 unspecified atom stereocenters. The standard InChI is InChI=1S/C4H6O6.Cu.K.H2O4S/c5-1(3(7)8)2(6)4(9)10;;;1-5(2,3)4/h1-2,5-6H,(H,7,8)(H,9,10);;;(H2,1,2,3,4)/q;;+1;/p-1. The molecule has 1 radical (unpaired) electrons. The molecule has 0 fully saturated rings. The monoisotopic (exact) mass is 349 g/mol. The number of carboxylic acids is 2. The van der Waals surface area contributed by atoms with Crippen LogP contribution in [0.4, 0.5) is 0 Å². The van der Waals surface area contributed by atoms with Crippen LogP contribution < -0.4 is 51.4 Å². The van der Waals surface area contributed by atoms with Crippen molar-refractivity contribution in [2.24, 2.45) is 0 Å². The quantitative estimate of drug-likeness (QED) is 0.186. The first kappa shape index (κ1) is 26.4. The van der Waals surface area contributed by atoms with Gasteiger partial charge in [0.05, 0.1) is 0 Å². The van der Waals surface area contributed by atoms with Crippen LogP contribution in [0.1, 0.15) is 0 Å². The first-order valence-corrected chi connectivity index (χ1v) is 4.33. The Morgan fingerprint density at radius 2 is 1.12 bits per heavy atom. The minimum atomic E-state index is -4.92. The van der Waals surface area contributed by atoms with Crippen molar-refractivity contribution in [1.29, 1.82) is 0 Å². The Morgan fingerprint density at radius 3 is 1.18 bits per heavy atom. The van der Waals surface area contributed by atoms with E-state index < -0.39 is 34.5 Å². The van der Waals surface area contributed by atoms with Crippen molar-refractivity contribution in [3.05, 3.63) is 0 Å². The van der Waals surface area contributed by atoms with Gasteiger partial charge in [-0.2, -0.15) is 0 Å². The van der Waals surface area contributed by atoms with Gasteiger partial charge in [0.25, 0.3) is 0 Å². The van der Waals surface area contributed by atoms with E-state index in [0.717, 1.165) is 0 Å². The fraction of sp³-hybridized carbons (Fsp3) is 0.500. The van der Waals surface area contributed by atoms with Crippen LogP contribution in [0.2, 0.25) is 0 Å². The van der Waals surface area contributed by atoms with Crippen LogP contribution in [0.5, 0.6) is 0 Å². The Hall–Kier alpha value is 0.886. The van der Waals surface area contributed by atoms with Crippen molar-refractivity contribution in [3.8, 4) is 0 Å². The molecular formula is C4H7CuKO10S. The number of hydrogen-bond donors (Lipinski definition) is 5. The van der Waals surface area contributed by atoms with Crippen LogP contribution in [0.3, 0.4) is 0 Å². The largest absolute Gasteiger partial charge is 1.00 e. The molecule has 0 aromatic carbocycles. The second-order valence-corrected chi connectivity index (χ2v) is 2.85. The van der Waals surface area contributed by atoms with Crippen molar-refractivity contribution in [2.45, 2.75) is 12.2 Å². The molecule has 13 heteroatoms. The minimum absolute atomic E-state index is 0. The average molecular weight is 350 g/mol.